The van der Waals surface area contributed by atoms with Gasteiger partial charge in [-0.05, 0) is 23.5 Å². The van der Waals surface area contributed by atoms with E-state index in [1.54, 1.807) is 12.1 Å². The Kier molecular flexibility index (Phi) is 9.24. The maximum absolute atomic E-state index is 12.3. The van der Waals surface area contributed by atoms with Crippen LogP contribution in [0.15, 0.2) is 60.7 Å². The lowest BCUT2D eigenvalue weighted by Gasteiger charge is -2.39. The van der Waals surface area contributed by atoms with E-state index in [4.69, 9.17) is 0 Å². The van der Waals surface area contributed by atoms with Crippen molar-refractivity contribution in [3.05, 3.63) is 71.8 Å². The average molecular weight is 463 g/mol. The van der Waals surface area contributed by atoms with Gasteiger partial charge in [0, 0.05) is 25.9 Å². The zero-order valence-corrected chi connectivity index (χ0v) is 19.8. The molecule has 0 radical (unpaired) electrons. The van der Waals surface area contributed by atoms with Crippen LogP contribution in [0.25, 0.3) is 0 Å². The molecule has 0 spiro atoms. The average Bonchev–Trinajstić information content (AvgIpc) is 2.72. The van der Waals surface area contributed by atoms with Crippen molar-refractivity contribution < 1.29 is 23.4 Å². The number of aliphatic hydroxyl groups is 1. The topological polar surface area (TPSA) is 98.2 Å². The molecule has 7 nitrogen and oxygen atoms in total. The molecule has 2 rings (SSSR count). The van der Waals surface area contributed by atoms with Crippen molar-refractivity contribution in [2.45, 2.75) is 45.4 Å². The van der Waals surface area contributed by atoms with Gasteiger partial charge in [0.15, 0.2) is 0 Å². The Balaban J connectivity index is 2.34. The zero-order valence-electron chi connectivity index (χ0n) is 19.0. The molecule has 0 fully saturated rings. The fourth-order valence-corrected chi connectivity index (χ4v) is 4.41. The fraction of sp³-hybridized carbons (Fsp3) is 0.458. The van der Waals surface area contributed by atoms with Crippen molar-refractivity contribution in [3.63, 3.8) is 0 Å². The number of carboxylic acid groups (broad SMARTS) is 1. The van der Waals surface area contributed by atoms with Crippen LogP contribution in [-0.2, 0) is 23.0 Å². The second-order valence-corrected chi connectivity index (χ2v) is 10.6. The molecule has 176 valence electrons. The van der Waals surface area contributed by atoms with Crippen LogP contribution in [0.4, 0.5) is 4.79 Å². The zero-order chi connectivity index (χ0) is 23.8. The number of hydrogen-bond donors (Lipinski definition) is 2. The molecule has 1 amide bonds. The van der Waals surface area contributed by atoms with E-state index < -0.39 is 21.8 Å². The van der Waals surface area contributed by atoms with Gasteiger partial charge in [0.1, 0.15) is 5.72 Å². The minimum atomic E-state index is -3.50. The van der Waals surface area contributed by atoms with Crippen molar-refractivity contribution in [2.24, 2.45) is 5.92 Å². The van der Waals surface area contributed by atoms with E-state index in [1.165, 1.54) is 4.31 Å². The van der Waals surface area contributed by atoms with Crippen molar-refractivity contribution in [3.8, 4) is 0 Å². The first kappa shape index (κ1) is 25.8. The van der Waals surface area contributed by atoms with E-state index in [1.807, 2.05) is 62.4 Å². The molecule has 0 saturated carbocycles. The van der Waals surface area contributed by atoms with Gasteiger partial charge in [-0.2, -0.15) is 0 Å². The Labute approximate surface area is 191 Å². The van der Waals surface area contributed by atoms with Crippen LogP contribution in [-0.4, -0.2) is 59.0 Å². The maximum Gasteiger partial charge on any atom is 0.409 e. The third-order valence-corrected chi connectivity index (χ3v) is 6.74. The first-order valence-corrected chi connectivity index (χ1v) is 12.6. The van der Waals surface area contributed by atoms with Gasteiger partial charge in [0.25, 0.3) is 0 Å². The molecule has 2 aromatic carbocycles. The number of nitrogens with zero attached hydrogens (tertiary/aromatic N) is 2. The Morgan fingerprint density at radius 2 is 1.50 bits per heavy atom. The predicted molar refractivity (Wildman–Crippen MR) is 126 cm³/mol. The van der Waals surface area contributed by atoms with E-state index in [2.05, 4.69) is 0 Å². The lowest BCUT2D eigenvalue weighted by molar-refractivity contribution is -0.103. The van der Waals surface area contributed by atoms with Crippen molar-refractivity contribution in [1.82, 2.24) is 9.21 Å². The summed E-state index contributed by atoms with van der Waals surface area (Å²) in [5.41, 5.74) is -0.285. The number of amides is 1. The van der Waals surface area contributed by atoms with Crippen LogP contribution in [0.3, 0.4) is 0 Å². The molecular formula is C24H34N2O5S. The number of rotatable bonds is 12. The minimum absolute atomic E-state index is 0.00955. The smallest absolute Gasteiger partial charge is 0.409 e. The van der Waals surface area contributed by atoms with Crippen molar-refractivity contribution in [2.75, 3.05) is 19.3 Å². The Morgan fingerprint density at radius 1 is 0.969 bits per heavy atom. The Hall–Kier alpha value is -2.42. The summed E-state index contributed by atoms with van der Waals surface area (Å²) < 4.78 is 26.0. The van der Waals surface area contributed by atoms with Crippen molar-refractivity contribution in [1.29, 1.82) is 0 Å². The number of carbonyl (C=O) groups is 1. The molecule has 8 heteroatoms. The molecule has 0 saturated heterocycles. The molecule has 0 aliphatic rings. The highest BCUT2D eigenvalue weighted by atomic mass is 32.2. The maximum atomic E-state index is 12.3. The van der Waals surface area contributed by atoms with Gasteiger partial charge in [-0.3, -0.25) is 4.90 Å². The van der Waals surface area contributed by atoms with Gasteiger partial charge >= 0.3 is 6.09 Å². The van der Waals surface area contributed by atoms with Gasteiger partial charge in [-0.25, -0.2) is 17.5 Å². The summed E-state index contributed by atoms with van der Waals surface area (Å²) in [6, 6.07) is 18.2. The Morgan fingerprint density at radius 3 is 1.97 bits per heavy atom. The first-order valence-electron chi connectivity index (χ1n) is 10.8. The lowest BCUT2D eigenvalue weighted by Crippen LogP contribution is -2.54. The molecule has 0 aliphatic carbocycles. The minimum Gasteiger partial charge on any atom is -0.465 e. The number of hydrogen-bond acceptors (Lipinski definition) is 4. The van der Waals surface area contributed by atoms with E-state index >= 15 is 0 Å². The summed E-state index contributed by atoms with van der Waals surface area (Å²) in [5.74, 6) is 0.316. The lowest BCUT2D eigenvalue weighted by atomic mass is 9.97. The van der Waals surface area contributed by atoms with Gasteiger partial charge in [0.05, 0.1) is 12.8 Å². The summed E-state index contributed by atoms with van der Waals surface area (Å²) in [7, 11) is -3.50. The standard InChI is InChI=1S/C24H34N2O5S/c1-20(2)14-16-25(32(3,30)31)17-15-24(29,18-21-10-6-4-7-11-21)26(23(27)28)19-22-12-8-5-9-13-22/h4-13,20,29H,14-19H2,1-3H3,(H,27,28). The molecule has 0 bridgehead atoms. The SMILES string of the molecule is CC(C)CCN(CCC(O)(Cc1ccccc1)N(Cc1ccccc1)C(=O)O)S(C)(=O)=O. The number of benzene rings is 2. The molecule has 0 aliphatic heterocycles. The number of sulfonamides is 1. The summed E-state index contributed by atoms with van der Waals surface area (Å²) in [6.07, 6.45) is 0.556. The molecule has 0 aromatic heterocycles. The summed E-state index contributed by atoms with van der Waals surface area (Å²) in [6.45, 7) is 4.36. The second kappa shape index (κ2) is 11.4. The molecule has 1 unspecified atom stereocenters. The van der Waals surface area contributed by atoms with Crippen LogP contribution < -0.4 is 0 Å². The first-order chi connectivity index (χ1) is 15.0. The van der Waals surface area contributed by atoms with Crippen molar-refractivity contribution >= 4 is 16.1 Å². The van der Waals surface area contributed by atoms with Crippen LogP contribution in [0.2, 0.25) is 0 Å². The molecular weight excluding hydrogens is 428 g/mol. The van der Waals surface area contributed by atoms with Crippen LogP contribution in [0.1, 0.15) is 37.8 Å². The third kappa shape index (κ3) is 7.93. The molecule has 2 N–H and O–H groups in total. The van der Waals surface area contributed by atoms with Gasteiger partial charge in [-0.1, -0.05) is 74.5 Å². The Bertz CT molecular complexity index is 951. The molecule has 1 atom stereocenters. The molecule has 32 heavy (non-hydrogen) atoms. The van der Waals surface area contributed by atoms with Gasteiger partial charge in [-0.15, -0.1) is 0 Å². The van der Waals surface area contributed by atoms with Crippen LogP contribution in [0, 0.1) is 5.92 Å². The van der Waals surface area contributed by atoms with Crippen LogP contribution >= 0.6 is 0 Å². The summed E-state index contributed by atoms with van der Waals surface area (Å²) in [4.78, 5) is 13.2. The molecule has 0 heterocycles. The third-order valence-electron chi connectivity index (χ3n) is 5.43. The van der Waals surface area contributed by atoms with E-state index in [0.29, 0.717) is 18.9 Å². The normalized spacial score (nSPS) is 13.8. The highest BCUT2D eigenvalue weighted by Crippen LogP contribution is 2.26. The highest BCUT2D eigenvalue weighted by molar-refractivity contribution is 7.88. The largest absolute Gasteiger partial charge is 0.465 e. The van der Waals surface area contributed by atoms with Gasteiger partial charge in [0.2, 0.25) is 10.0 Å². The monoisotopic (exact) mass is 462 g/mol. The second-order valence-electron chi connectivity index (χ2n) is 8.59. The summed E-state index contributed by atoms with van der Waals surface area (Å²) >= 11 is 0. The molecule has 2 aromatic rings. The quantitative estimate of drug-likeness (QED) is 0.468. The van der Waals surface area contributed by atoms with Crippen LogP contribution in [0.5, 0.6) is 0 Å². The van der Waals surface area contributed by atoms with E-state index in [0.717, 1.165) is 22.3 Å². The van der Waals surface area contributed by atoms with Gasteiger partial charge < -0.3 is 10.2 Å². The fourth-order valence-electron chi connectivity index (χ4n) is 3.55. The highest BCUT2D eigenvalue weighted by Gasteiger charge is 2.39. The van der Waals surface area contributed by atoms with E-state index in [-0.39, 0.29) is 25.9 Å². The summed E-state index contributed by atoms with van der Waals surface area (Å²) in [5, 5.41) is 21.7. The van der Waals surface area contributed by atoms with E-state index in [9.17, 15) is 23.4 Å². The predicted octanol–water partition coefficient (Wildman–Crippen LogP) is 3.80.